The number of rotatable bonds is 4. The summed E-state index contributed by atoms with van der Waals surface area (Å²) in [6.07, 6.45) is 3.12. The summed E-state index contributed by atoms with van der Waals surface area (Å²) in [5.41, 5.74) is 0.450. The van der Waals surface area contributed by atoms with Gasteiger partial charge in [0.1, 0.15) is 4.60 Å². The smallest absolute Gasteiger partial charge is 0.235 e. The summed E-state index contributed by atoms with van der Waals surface area (Å²) in [4.78, 5) is 3.95. The lowest BCUT2D eigenvalue weighted by molar-refractivity contribution is 0.127. The number of pyridine rings is 1. The first-order chi connectivity index (χ1) is 8.07. The van der Waals surface area contributed by atoms with Crippen molar-refractivity contribution in [3.05, 3.63) is 22.9 Å². The average Bonchev–Trinajstić information content (AvgIpc) is 2.73. The van der Waals surface area contributed by atoms with Crippen LogP contribution >= 0.6 is 15.9 Å². The van der Waals surface area contributed by atoms with E-state index < -0.39 is 10.0 Å². The fourth-order valence-electron chi connectivity index (χ4n) is 1.69. The minimum Gasteiger partial charge on any atom is -0.377 e. The predicted octanol–water partition coefficient (Wildman–Crippen LogP) is 1.76. The third kappa shape index (κ3) is 3.65. The molecule has 1 unspecified atom stereocenters. The number of halogens is 1. The molecule has 0 amide bonds. The molecule has 0 aliphatic carbocycles. The molecular weight excluding hydrogens is 308 g/mol. The summed E-state index contributed by atoms with van der Waals surface area (Å²) in [6.45, 7) is 0.650. The Morgan fingerprint density at radius 1 is 1.59 bits per heavy atom. The van der Waals surface area contributed by atoms with Gasteiger partial charge in [0.25, 0.3) is 0 Å². The molecule has 1 fully saturated rings. The second kappa shape index (κ2) is 5.32. The quantitative estimate of drug-likeness (QED) is 0.858. The molecule has 0 bridgehead atoms. The second-order valence-electron chi connectivity index (χ2n) is 3.86. The van der Waals surface area contributed by atoms with E-state index in [-0.39, 0.29) is 11.9 Å². The number of aromatic nitrogens is 1. The number of anilines is 1. The molecule has 1 aliphatic heterocycles. The number of sulfonamides is 1. The van der Waals surface area contributed by atoms with Crippen LogP contribution in [0.5, 0.6) is 0 Å². The molecule has 2 heterocycles. The second-order valence-corrected chi connectivity index (χ2v) is 6.38. The van der Waals surface area contributed by atoms with E-state index >= 15 is 0 Å². The topological polar surface area (TPSA) is 68.3 Å². The van der Waals surface area contributed by atoms with Gasteiger partial charge in [-0.2, -0.15) is 0 Å². The first-order valence-corrected chi connectivity index (χ1v) is 7.74. The van der Waals surface area contributed by atoms with Gasteiger partial charge in [-0.1, -0.05) is 0 Å². The van der Waals surface area contributed by atoms with Gasteiger partial charge in [0, 0.05) is 12.8 Å². The molecule has 5 nitrogen and oxygen atoms in total. The van der Waals surface area contributed by atoms with Gasteiger partial charge in [0.15, 0.2) is 0 Å². The molecule has 1 N–H and O–H groups in total. The highest BCUT2D eigenvalue weighted by atomic mass is 79.9. The third-order valence-electron chi connectivity index (χ3n) is 2.45. The van der Waals surface area contributed by atoms with E-state index in [9.17, 15) is 8.42 Å². The van der Waals surface area contributed by atoms with E-state index in [4.69, 9.17) is 4.74 Å². The lowest BCUT2D eigenvalue weighted by Crippen LogP contribution is -2.25. The van der Waals surface area contributed by atoms with Crippen LogP contribution in [0, 0.1) is 0 Å². The molecule has 0 aromatic carbocycles. The van der Waals surface area contributed by atoms with E-state index in [0.717, 1.165) is 12.8 Å². The molecule has 17 heavy (non-hydrogen) atoms. The summed E-state index contributed by atoms with van der Waals surface area (Å²) in [5.74, 6) is -0.00562. The van der Waals surface area contributed by atoms with Crippen molar-refractivity contribution < 1.29 is 13.2 Å². The van der Waals surface area contributed by atoms with Crippen molar-refractivity contribution in [2.75, 3.05) is 17.1 Å². The fourth-order valence-corrected chi connectivity index (χ4v) is 3.51. The Hall–Kier alpha value is -0.660. The SMILES string of the molecule is O=S(=O)(CC1CCCO1)Nc1cccnc1Br. The predicted molar refractivity (Wildman–Crippen MR) is 68.3 cm³/mol. The molecule has 1 aromatic rings. The van der Waals surface area contributed by atoms with Gasteiger partial charge in [-0.15, -0.1) is 0 Å². The molecule has 0 spiro atoms. The Bertz CT molecular complexity index is 486. The molecular formula is C10H13BrN2O3S. The highest BCUT2D eigenvalue weighted by molar-refractivity contribution is 9.10. The number of ether oxygens (including phenoxy) is 1. The molecule has 0 saturated carbocycles. The van der Waals surface area contributed by atoms with Crippen LogP contribution in [0.15, 0.2) is 22.9 Å². The maximum absolute atomic E-state index is 11.9. The van der Waals surface area contributed by atoms with E-state index in [1.807, 2.05) is 0 Å². The van der Waals surface area contributed by atoms with Crippen LogP contribution in [-0.4, -0.2) is 31.9 Å². The Morgan fingerprint density at radius 2 is 2.41 bits per heavy atom. The van der Waals surface area contributed by atoms with Crippen molar-refractivity contribution >= 4 is 31.6 Å². The Labute approximate surface area is 109 Å². The molecule has 1 atom stereocenters. The van der Waals surface area contributed by atoms with Crippen LogP contribution in [-0.2, 0) is 14.8 Å². The number of hydrogen-bond donors (Lipinski definition) is 1. The van der Waals surface area contributed by atoms with Crippen LogP contribution in [0.25, 0.3) is 0 Å². The van der Waals surface area contributed by atoms with Crippen LogP contribution in [0.2, 0.25) is 0 Å². The Kier molecular flexibility index (Phi) is 4.01. The van der Waals surface area contributed by atoms with Gasteiger partial charge >= 0.3 is 0 Å². The van der Waals surface area contributed by atoms with Gasteiger partial charge in [0.05, 0.1) is 17.5 Å². The van der Waals surface area contributed by atoms with Gasteiger partial charge in [-0.3, -0.25) is 4.72 Å². The lowest BCUT2D eigenvalue weighted by Gasteiger charge is -2.12. The first-order valence-electron chi connectivity index (χ1n) is 5.29. The van der Waals surface area contributed by atoms with Crippen LogP contribution in [0.1, 0.15) is 12.8 Å². The van der Waals surface area contributed by atoms with Gasteiger partial charge in [-0.25, -0.2) is 13.4 Å². The summed E-state index contributed by atoms with van der Waals surface area (Å²) in [6, 6.07) is 3.33. The van der Waals surface area contributed by atoms with E-state index in [1.54, 1.807) is 18.3 Å². The lowest BCUT2D eigenvalue weighted by atomic mass is 10.3. The maximum Gasteiger partial charge on any atom is 0.235 e. The zero-order chi connectivity index (χ0) is 12.3. The summed E-state index contributed by atoms with van der Waals surface area (Å²) in [5, 5.41) is 0. The van der Waals surface area contributed by atoms with Crippen LogP contribution < -0.4 is 4.72 Å². The van der Waals surface area contributed by atoms with Crippen LogP contribution in [0.3, 0.4) is 0 Å². The molecule has 2 rings (SSSR count). The molecule has 1 aliphatic rings. The average molecular weight is 321 g/mol. The summed E-state index contributed by atoms with van der Waals surface area (Å²) < 4.78 is 32.0. The van der Waals surface area contributed by atoms with Crippen molar-refractivity contribution in [1.82, 2.24) is 4.98 Å². The standard InChI is InChI=1S/C10H13BrN2O3S/c11-10-9(4-1-5-12-10)13-17(14,15)7-8-3-2-6-16-8/h1,4-5,8,13H,2-3,6-7H2. The summed E-state index contributed by atoms with van der Waals surface area (Å²) >= 11 is 3.19. The molecule has 7 heteroatoms. The molecule has 94 valence electrons. The highest BCUT2D eigenvalue weighted by Gasteiger charge is 2.23. The largest absolute Gasteiger partial charge is 0.377 e. The van der Waals surface area contributed by atoms with Crippen molar-refractivity contribution in [3.63, 3.8) is 0 Å². The van der Waals surface area contributed by atoms with Gasteiger partial charge in [0.2, 0.25) is 10.0 Å². The third-order valence-corrected chi connectivity index (χ3v) is 4.43. The van der Waals surface area contributed by atoms with E-state index in [2.05, 4.69) is 25.6 Å². The minimum atomic E-state index is -3.39. The Morgan fingerprint density at radius 3 is 3.06 bits per heavy atom. The highest BCUT2D eigenvalue weighted by Crippen LogP contribution is 2.21. The fraction of sp³-hybridized carbons (Fsp3) is 0.500. The zero-order valence-electron chi connectivity index (χ0n) is 9.10. The zero-order valence-corrected chi connectivity index (χ0v) is 11.5. The van der Waals surface area contributed by atoms with Crippen molar-refractivity contribution in [1.29, 1.82) is 0 Å². The normalized spacial score (nSPS) is 20.4. The van der Waals surface area contributed by atoms with Gasteiger partial charge < -0.3 is 4.74 Å². The number of nitrogens with zero attached hydrogens (tertiary/aromatic N) is 1. The van der Waals surface area contributed by atoms with Crippen molar-refractivity contribution in [2.24, 2.45) is 0 Å². The Balaban J connectivity index is 2.04. The van der Waals surface area contributed by atoms with E-state index in [0.29, 0.717) is 16.9 Å². The van der Waals surface area contributed by atoms with Gasteiger partial charge in [-0.05, 0) is 40.9 Å². The number of nitrogens with one attached hydrogen (secondary N) is 1. The summed E-state index contributed by atoms with van der Waals surface area (Å²) in [7, 11) is -3.39. The van der Waals surface area contributed by atoms with Crippen molar-refractivity contribution in [3.8, 4) is 0 Å². The van der Waals surface area contributed by atoms with Crippen molar-refractivity contribution in [2.45, 2.75) is 18.9 Å². The number of hydrogen-bond acceptors (Lipinski definition) is 4. The molecule has 1 aromatic heterocycles. The molecule has 1 saturated heterocycles. The van der Waals surface area contributed by atoms with E-state index in [1.165, 1.54) is 0 Å². The minimum absolute atomic E-state index is 0.00562. The monoisotopic (exact) mass is 320 g/mol. The van der Waals surface area contributed by atoms with Crippen LogP contribution in [0.4, 0.5) is 5.69 Å². The molecule has 0 radical (unpaired) electrons. The maximum atomic E-state index is 11.9. The first kappa shape index (κ1) is 12.8.